The van der Waals surface area contributed by atoms with E-state index in [1.807, 2.05) is 18.2 Å². The van der Waals surface area contributed by atoms with E-state index >= 15 is 0 Å². The monoisotopic (exact) mass is 287 g/mol. The Hall–Kier alpha value is -0.610. The van der Waals surface area contributed by atoms with Crippen molar-refractivity contribution in [2.75, 3.05) is 6.61 Å². The molecule has 1 rings (SSSR count). The van der Waals surface area contributed by atoms with E-state index in [1.54, 1.807) is 0 Å². The van der Waals surface area contributed by atoms with Gasteiger partial charge in [0.25, 0.3) is 0 Å². The Morgan fingerprint density at radius 3 is 2.80 bits per heavy atom. The molecule has 0 amide bonds. The van der Waals surface area contributed by atoms with E-state index in [0.29, 0.717) is 4.99 Å². The molecule has 0 atom stereocenters. The first-order chi connectivity index (χ1) is 7.15. The van der Waals surface area contributed by atoms with Crippen LogP contribution >= 0.6 is 28.1 Å². The number of benzene rings is 1. The highest BCUT2D eigenvalue weighted by atomic mass is 79.9. The molecule has 0 heterocycles. The molecule has 2 nitrogen and oxygen atoms in total. The second kappa shape index (κ2) is 6.08. The van der Waals surface area contributed by atoms with Gasteiger partial charge in [-0.1, -0.05) is 25.6 Å². The first kappa shape index (κ1) is 12.5. The van der Waals surface area contributed by atoms with Gasteiger partial charge in [-0.2, -0.15) is 0 Å². The third kappa shape index (κ3) is 3.80. The van der Waals surface area contributed by atoms with E-state index in [0.717, 1.165) is 35.2 Å². The Kier molecular flexibility index (Phi) is 5.05. The van der Waals surface area contributed by atoms with Gasteiger partial charge in [0, 0.05) is 5.56 Å². The Balaban J connectivity index is 2.70. The number of rotatable bonds is 5. The Morgan fingerprint density at radius 2 is 2.27 bits per heavy atom. The maximum atomic E-state index is 5.58. The van der Waals surface area contributed by atoms with Crippen LogP contribution in [0.5, 0.6) is 5.75 Å². The van der Waals surface area contributed by atoms with E-state index in [4.69, 9.17) is 22.7 Å². The van der Waals surface area contributed by atoms with Crippen molar-refractivity contribution in [3.05, 3.63) is 28.2 Å². The standard InChI is InChI=1S/C11H14BrNOS/c1-2-3-6-14-10-5-4-8(11(13)15)7-9(10)12/h4-5,7H,2-3,6H2,1H3,(H2,13,15). The molecule has 15 heavy (non-hydrogen) atoms. The lowest BCUT2D eigenvalue weighted by Gasteiger charge is -2.08. The first-order valence-electron chi connectivity index (χ1n) is 4.87. The maximum absolute atomic E-state index is 5.58. The zero-order chi connectivity index (χ0) is 11.3. The van der Waals surface area contributed by atoms with Gasteiger partial charge in [-0.3, -0.25) is 0 Å². The highest BCUT2D eigenvalue weighted by Gasteiger charge is 2.03. The number of hydrogen-bond donors (Lipinski definition) is 1. The van der Waals surface area contributed by atoms with Crippen molar-refractivity contribution in [3.63, 3.8) is 0 Å². The van der Waals surface area contributed by atoms with Crippen LogP contribution in [0.2, 0.25) is 0 Å². The summed E-state index contributed by atoms with van der Waals surface area (Å²) >= 11 is 8.31. The van der Waals surface area contributed by atoms with Gasteiger partial charge in [0.15, 0.2) is 0 Å². The van der Waals surface area contributed by atoms with Crippen LogP contribution in [0.1, 0.15) is 25.3 Å². The van der Waals surface area contributed by atoms with E-state index < -0.39 is 0 Å². The summed E-state index contributed by atoms with van der Waals surface area (Å²) in [4.78, 5) is 0.399. The molecule has 0 saturated heterocycles. The van der Waals surface area contributed by atoms with Crippen LogP contribution in [-0.2, 0) is 0 Å². The van der Waals surface area contributed by atoms with Crippen LogP contribution in [0.15, 0.2) is 22.7 Å². The van der Waals surface area contributed by atoms with Gasteiger partial charge in [-0.15, -0.1) is 0 Å². The number of halogens is 1. The number of unbranched alkanes of at least 4 members (excludes halogenated alkanes) is 1. The smallest absolute Gasteiger partial charge is 0.133 e. The average molecular weight is 288 g/mol. The molecule has 4 heteroatoms. The van der Waals surface area contributed by atoms with E-state index in [2.05, 4.69) is 22.9 Å². The number of thiocarbonyl (C=S) groups is 1. The number of nitrogens with two attached hydrogens (primary N) is 1. The Labute approximate surface area is 104 Å². The lowest BCUT2D eigenvalue weighted by molar-refractivity contribution is 0.307. The van der Waals surface area contributed by atoms with Crippen LogP contribution in [0.4, 0.5) is 0 Å². The van der Waals surface area contributed by atoms with Crippen molar-refractivity contribution in [2.45, 2.75) is 19.8 Å². The predicted octanol–water partition coefficient (Wildman–Crippen LogP) is 3.26. The van der Waals surface area contributed by atoms with E-state index in [-0.39, 0.29) is 0 Å². The molecule has 82 valence electrons. The zero-order valence-corrected chi connectivity index (χ0v) is 11.0. The maximum Gasteiger partial charge on any atom is 0.133 e. The summed E-state index contributed by atoms with van der Waals surface area (Å²) in [7, 11) is 0. The molecule has 0 radical (unpaired) electrons. The van der Waals surface area contributed by atoms with Crippen molar-refractivity contribution in [2.24, 2.45) is 5.73 Å². The van der Waals surface area contributed by atoms with Crippen molar-refractivity contribution < 1.29 is 4.74 Å². The fourth-order valence-corrected chi connectivity index (χ4v) is 1.72. The van der Waals surface area contributed by atoms with Crippen molar-refractivity contribution >= 4 is 33.1 Å². The summed E-state index contributed by atoms with van der Waals surface area (Å²) < 4.78 is 6.47. The molecule has 0 saturated carbocycles. The molecule has 0 aliphatic carbocycles. The molecule has 0 fully saturated rings. The molecule has 0 aliphatic rings. The lowest BCUT2D eigenvalue weighted by atomic mass is 10.2. The summed E-state index contributed by atoms with van der Waals surface area (Å²) in [5.41, 5.74) is 6.37. The van der Waals surface area contributed by atoms with Crippen molar-refractivity contribution in [3.8, 4) is 5.75 Å². The second-order valence-corrected chi connectivity index (χ2v) is 4.51. The van der Waals surface area contributed by atoms with Crippen LogP contribution < -0.4 is 10.5 Å². The van der Waals surface area contributed by atoms with E-state index in [1.165, 1.54) is 0 Å². The molecule has 1 aromatic carbocycles. The van der Waals surface area contributed by atoms with Gasteiger partial charge in [0.05, 0.1) is 11.1 Å². The first-order valence-corrected chi connectivity index (χ1v) is 6.07. The van der Waals surface area contributed by atoms with Crippen LogP contribution in [0.3, 0.4) is 0 Å². The zero-order valence-electron chi connectivity index (χ0n) is 8.63. The average Bonchev–Trinajstić information content (AvgIpc) is 2.20. The van der Waals surface area contributed by atoms with Gasteiger partial charge in [0.2, 0.25) is 0 Å². The third-order valence-electron chi connectivity index (χ3n) is 1.97. The van der Waals surface area contributed by atoms with Crippen molar-refractivity contribution in [1.29, 1.82) is 0 Å². The highest BCUT2D eigenvalue weighted by molar-refractivity contribution is 9.10. The Morgan fingerprint density at radius 1 is 1.53 bits per heavy atom. The molecule has 0 unspecified atom stereocenters. The van der Waals surface area contributed by atoms with Crippen LogP contribution in [-0.4, -0.2) is 11.6 Å². The largest absolute Gasteiger partial charge is 0.492 e. The Bertz CT molecular complexity index is 354. The molecular formula is C11H14BrNOS. The third-order valence-corrected chi connectivity index (χ3v) is 2.83. The summed E-state index contributed by atoms with van der Waals surface area (Å²) in [5.74, 6) is 0.837. The summed E-state index contributed by atoms with van der Waals surface area (Å²) in [6, 6.07) is 5.63. The second-order valence-electron chi connectivity index (χ2n) is 3.21. The fraction of sp³-hybridized carbons (Fsp3) is 0.364. The molecule has 0 spiro atoms. The van der Waals surface area contributed by atoms with Gasteiger partial charge in [0.1, 0.15) is 10.7 Å². The topological polar surface area (TPSA) is 35.2 Å². The minimum absolute atomic E-state index is 0.399. The molecular weight excluding hydrogens is 274 g/mol. The minimum atomic E-state index is 0.399. The number of ether oxygens (including phenoxy) is 1. The molecule has 0 aromatic heterocycles. The quantitative estimate of drug-likeness (QED) is 0.667. The predicted molar refractivity (Wildman–Crippen MR) is 70.4 cm³/mol. The SMILES string of the molecule is CCCCOc1ccc(C(N)=S)cc1Br. The summed E-state index contributed by atoms with van der Waals surface area (Å²) in [6.45, 7) is 2.87. The van der Waals surface area contributed by atoms with Crippen LogP contribution in [0, 0.1) is 0 Å². The number of hydrogen-bond acceptors (Lipinski definition) is 2. The molecule has 2 N–H and O–H groups in total. The molecule has 0 aliphatic heterocycles. The van der Waals surface area contributed by atoms with Gasteiger partial charge in [-0.25, -0.2) is 0 Å². The van der Waals surface area contributed by atoms with E-state index in [9.17, 15) is 0 Å². The van der Waals surface area contributed by atoms with Gasteiger partial charge < -0.3 is 10.5 Å². The molecule has 0 bridgehead atoms. The highest BCUT2D eigenvalue weighted by Crippen LogP contribution is 2.26. The minimum Gasteiger partial charge on any atom is -0.492 e. The normalized spacial score (nSPS) is 10.0. The van der Waals surface area contributed by atoms with Crippen LogP contribution in [0.25, 0.3) is 0 Å². The van der Waals surface area contributed by atoms with Gasteiger partial charge in [-0.05, 0) is 40.5 Å². The fourth-order valence-electron chi connectivity index (χ4n) is 1.10. The molecule has 1 aromatic rings. The summed E-state index contributed by atoms with van der Waals surface area (Å²) in [5, 5.41) is 0. The lowest BCUT2D eigenvalue weighted by Crippen LogP contribution is -2.09. The van der Waals surface area contributed by atoms with Crippen molar-refractivity contribution in [1.82, 2.24) is 0 Å². The van der Waals surface area contributed by atoms with Gasteiger partial charge >= 0.3 is 0 Å². The summed E-state index contributed by atoms with van der Waals surface area (Å²) in [6.07, 6.45) is 2.19.